The van der Waals surface area contributed by atoms with Crippen molar-refractivity contribution < 1.29 is 19.3 Å². The van der Waals surface area contributed by atoms with Crippen molar-refractivity contribution in [3.8, 4) is 0 Å². The summed E-state index contributed by atoms with van der Waals surface area (Å²) in [6, 6.07) is 5.03. The second kappa shape index (κ2) is 6.39. The van der Waals surface area contributed by atoms with Gasteiger partial charge in [0.1, 0.15) is 12.4 Å². The molecule has 1 aliphatic rings. The molecule has 2 aromatic rings. The SMILES string of the molecule is CC(C)n1nccc1NC(=O)CN1C(=O)c2ccc([N+](=O)[O-])cc2C1=O. The molecule has 1 aliphatic heterocycles. The highest BCUT2D eigenvalue weighted by Gasteiger charge is 2.37. The minimum absolute atomic E-state index is 0.0140. The molecule has 134 valence electrons. The summed E-state index contributed by atoms with van der Waals surface area (Å²) in [5, 5.41) is 17.5. The van der Waals surface area contributed by atoms with Gasteiger partial charge in [-0.25, -0.2) is 4.68 Å². The van der Waals surface area contributed by atoms with E-state index in [2.05, 4.69) is 10.4 Å². The highest BCUT2D eigenvalue weighted by Crippen LogP contribution is 2.26. The maximum Gasteiger partial charge on any atom is 0.270 e. The number of nitro benzene ring substituents is 1. The Labute approximate surface area is 147 Å². The predicted octanol–water partition coefficient (Wildman–Crippen LogP) is 1.61. The maximum atomic E-state index is 12.4. The van der Waals surface area contributed by atoms with Gasteiger partial charge in [0.25, 0.3) is 17.5 Å². The highest BCUT2D eigenvalue weighted by molar-refractivity contribution is 6.23. The van der Waals surface area contributed by atoms with Gasteiger partial charge in [-0.1, -0.05) is 0 Å². The molecule has 0 saturated carbocycles. The van der Waals surface area contributed by atoms with Gasteiger partial charge in [0.05, 0.1) is 22.2 Å². The zero-order valence-corrected chi connectivity index (χ0v) is 14.0. The Hall–Kier alpha value is -3.56. The fourth-order valence-corrected chi connectivity index (χ4v) is 2.69. The van der Waals surface area contributed by atoms with Crippen LogP contribution in [0.15, 0.2) is 30.5 Å². The summed E-state index contributed by atoms with van der Waals surface area (Å²) < 4.78 is 1.59. The Morgan fingerprint density at radius 3 is 2.58 bits per heavy atom. The molecule has 3 amide bonds. The fourth-order valence-electron chi connectivity index (χ4n) is 2.69. The lowest BCUT2D eigenvalue weighted by atomic mass is 10.1. The Morgan fingerprint density at radius 1 is 1.23 bits per heavy atom. The predicted molar refractivity (Wildman–Crippen MR) is 89.7 cm³/mol. The van der Waals surface area contributed by atoms with E-state index in [1.54, 1.807) is 10.7 Å². The lowest BCUT2D eigenvalue weighted by Crippen LogP contribution is -2.37. The van der Waals surface area contributed by atoms with Gasteiger partial charge in [0.2, 0.25) is 5.91 Å². The first-order valence-corrected chi connectivity index (χ1v) is 7.77. The van der Waals surface area contributed by atoms with Gasteiger partial charge in [-0.15, -0.1) is 0 Å². The van der Waals surface area contributed by atoms with Crippen LogP contribution in [0.5, 0.6) is 0 Å². The normalized spacial score (nSPS) is 13.3. The monoisotopic (exact) mass is 357 g/mol. The van der Waals surface area contributed by atoms with Crippen molar-refractivity contribution in [2.45, 2.75) is 19.9 Å². The summed E-state index contributed by atoms with van der Waals surface area (Å²) in [6.45, 7) is 3.28. The molecule has 10 heteroatoms. The number of anilines is 1. The van der Waals surface area contributed by atoms with Crippen LogP contribution < -0.4 is 5.32 Å². The smallest absolute Gasteiger partial charge is 0.270 e. The zero-order chi connectivity index (χ0) is 19.0. The van der Waals surface area contributed by atoms with Gasteiger partial charge in [-0.05, 0) is 19.9 Å². The van der Waals surface area contributed by atoms with Crippen LogP contribution in [-0.4, -0.2) is 43.9 Å². The highest BCUT2D eigenvalue weighted by atomic mass is 16.6. The van der Waals surface area contributed by atoms with E-state index in [0.717, 1.165) is 17.0 Å². The Balaban J connectivity index is 1.77. The zero-order valence-electron chi connectivity index (χ0n) is 14.0. The Bertz CT molecular complexity index is 933. The van der Waals surface area contributed by atoms with Gasteiger partial charge in [0, 0.05) is 24.2 Å². The quantitative estimate of drug-likeness (QED) is 0.492. The molecule has 1 aromatic carbocycles. The van der Waals surface area contributed by atoms with Gasteiger partial charge < -0.3 is 5.32 Å². The number of benzene rings is 1. The molecule has 10 nitrogen and oxygen atoms in total. The summed E-state index contributed by atoms with van der Waals surface area (Å²) in [7, 11) is 0. The molecule has 3 rings (SSSR count). The van der Waals surface area contributed by atoms with Crippen LogP contribution in [-0.2, 0) is 4.79 Å². The Kier molecular flexibility index (Phi) is 4.24. The molecule has 0 radical (unpaired) electrons. The molecule has 1 N–H and O–H groups in total. The largest absolute Gasteiger partial charge is 0.309 e. The first-order chi connectivity index (χ1) is 12.3. The molecule has 0 aliphatic carbocycles. The summed E-state index contributed by atoms with van der Waals surface area (Å²) in [6.07, 6.45) is 1.52. The van der Waals surface area contributed by atoms with Crippen LogP contribution >= 0.6 is 0 Å². The number of hydrogen-bond donors (Lipinski definition) is 1. The number of carbonyl (C=O) groups excluding carboxylic acids is 3. The number of amides is 3. The molecule has 0 fully saturated rings. The number of aromatic nitrogens is 2. The third-order valence-electron chi connectivity index (χ3n) is 3.89. The van der Waals surface area contributed by atoms with Crippen molar-refractivity contribution in [1.29, 1.82) is 0 Å². The molecule has 0 atom stereocenters. The van der Waals surface area contributed by atoms with E-state index in [4.69, 9.17) is 0 Å². The number of fused-ring (bicyclic) bond motifs is 1. The number of rotatable bonds is 5. The minimum Gasteiger partial charge on any atom is -0.309 e. The molecular weight excluding hydrogens is 342 g/mol. The van der Waals surface area contributed by atoms with Gasteiger partial charge in [-0.3, -0.25) is 29.4 Å². The first-order valence-electron chi connectivity index (χ1n) is 7.77. The van der Waals surface area contributed by atoms with E-state index in [0.29, 0.717) is 5.82 Å². The maximum absolute atomic E-state index is 12.4. The number of non-ortho nitro benzene ring substituents is 1. The van der Waals surface area contributed by atoms with Crippen LogP contribution in [0.1, 0.15) is 40.6 Å². The third-order valence-corrected chi connectivity index (χ3v) is 3.89. The van der Waals surface area contributed by atoms with E-state index in [-0.39, 0.29) is 22.9 Å². The molecule has 0 unspecified atom stereocenters. The van der Waals surface area contributed by atoms with E-state index in [1.165, 1.54) is 12.3 Å². The van der Waals surface area contributed by atoms with Crippen LogP contribution in [0, 0.1) is 10.1 Å². The number of hydrogen-bond acceptors (Lipinski definition) is 6. The van der Waals surface area contributed by atoms with E-state index < -0.39 is 29.2 Å². The van der Waals surface area contributed by atoms with Crippen LogP contribution in [0.3, 0.4) is 0 Å². The van der Waals surface area contributed by atoms with Gasteiger partial charge in [0.15, 0.2) is 0 Å². The Morgan fingerprint density at radius 2 is 1.92 bits per heavy atom. The van der Waals surface area contributed by atoms with Crippen molar-refractivity contribution in [3.05, 3.63) is 51.7 Å². The summed E-state index contributed by atoms with van der Waals surface area (Å²) in [4.78, 5) is 47.9. The van der Waals surface area contributed by atoms with Crippen LogP contribution in [0.4, 0.5) is 11.5 Å². The molecule has 1 aromatic heterocycles. The van der Waals surface area contributed by atoms with E-state index in [1.807, 2.05) is 13.8 Å². The average molecular weight is 357 g/mol. The van der Waals surface area contributed by atoms with E-state index in [9.17, 15) is 24.5 Å². The second-order valence-corrected chi connectivity index (χ2v) is 5.99. The van der Waals surface area contributed by atoms with Crippen molar-refractivity contribution in [1.82, 2.24) is 14.7 Å². The number of carbonyl (C=O) groups is 3. The summed E-state index contributed by atoms with van der Waals surface area (Å²) in [5.74, 6) is -1.53. The summed E-state index contributed by atoms with van der Waals surface area (Å²) >= 11 is 0. The van der Waals surface area contributed by atoms with E-state index >= 15 is 0 Å². The molecule has 0 bridgehead atoms. The second-order valence-electron chi connectivity index (χ2n) is 5.99. The minimum atomic E-state index is -0.735. The first kappa shape index (κ1) is 17.3. The number of nitrogens with zero attached hydrogens (tertiary/aromatic N) is 4. The number of nitrogens with one attached hydrogen (secondary N) is 1. The van der Waals surface area contributed by atoms with Crippen molar-refractivity contribution in [2.24, 2.45) is 0 Å². The number of nitro groups is 1. The van der Waals surface area contributed by atoms with Crippen molar-refractivity contribution in [3.63, 3.8) is 0 Å². The fraction of sp³-hybridized carbons (Fsp3) is 0.250. The molecule has 0 saturated heterocycles. The molecule has 26 heavy (non-hydrogen) atoms. The molecule has 2 heterocycles. The van der Waals surface area contributed by atoms with Gasteiger partial charge >= 0.3 is 0 Å². The van der Waals surface area contributed by atoms with Crippen LogP contribution in [0.25, 0.3) is 0 Å². The van der Waals surface area contributed by atoms with Crippen LogP contribution in [0.2, 0.25) is 0 Å². The lowest BCUT2D eigenvalue weighted by molar-refractivity contribution is -0.384. The number of imide groups is 1. The average Bonchev–Trinajstić information content (AvgIpc) is 3.13. The van der Waals surface area contributed by atoms with Crippen molar-refractivity contribution >= 4 is 29.2 Å². The topological polar surface area (TPSA) is 127 Å². The summed E-state index contributed by atoms with van der Waals surface area (Å²) in [5.41, 5.74) is -0.332. The standard InChI is InChI=1S/C16H15N5O5/c1-9(2)20-13(5-6-17-20)18-14(22)8-19-15(23)11-4-3-10(21(25)26)7-12(11)16(19)24/h3-7,9H,8H2,1-2H3,(H,18,22). The molecular formula is C16H15N5O5. The lowest BCUT2D eigenvalue weighted by Gasteiger charge is -2.15. The van der Waals surface area contributed by atoms with Crippen molar-refractivity contribution in [2.75, 3.05) is 11.9 Å². The van der Waals surface area contributed by atoms with Gasteiger partial charge in [-0.2, -0.15) is 5.10 Å². The third kappa shape index (κ3) is 2.92. The molecule has 0 spiro atoms.